The predicted octanol–water partition coefficient (Wildman–Crippen LogP) is 3.75. The first-order valence-corrected chi connectivity index (χ1v) is 20.5. The van der Waals surface area contributed by atoms with E-state index in [2.05, 4.69) is 6.58 Å². The molecule has 16 nitrogen and oxygen atoms in total. The molecule has 330 valence electrons. The quantitative estimate of drug-likeness (QED) is 0.171. The molecule has 16 heteroatoms. The fraction of sp³-hybridized carbons (Fsp3) is 0.622. The summed E-state index contributed by atoms with van der Waals surface area (Å²) >= 11 is 0. The molecule has 15 atom stereocenters. The molecule has 6 aliphatic rings. The van der Waals surface area contributed by atoms with Gasteiger partial charge < -0.3 is 43.0 Å². The molecule has 0 radical (unpaired) electrons. The SMILES string of the molecule is C=C1C[C@@]2(O)[C@@H]3CC[C@@]4(C)[C@@H]5C=CC(=O)OC[C@]5(C(C)OC(=O)c5ccccc5)[C@@H](OC(C)=O)[C@@H](OC(C)=O)[C@@H]4[C@@]3(C)[C@H](OC(C)=O)[C@H](OC(C)=O)[C@@]2(C)[C@]2(C(=O)OC)OC12. The molecule has 2 heterocycles. The Morgan fingerprint density at radius 1 is 0.869 bits per heavy atom. The molecular weight excluding hydrogens is 796 g/mol. The van der Waals surface area contributed by atoms with Crippen molar-refractivity contribution in [2.24, 2.45) is 39.4 Å². The molecule has 5 fully saturated rings. The zero-order valence-electron chi connectivity index (χ0n) is 35.8. The summed E-state index contributed by atoms with van der Waals surface area (Å²) in [5.41, 5.74) is -9.64. The summed E-state index contributed by atoms with van der Waals surface area (Å²) in [4.78, 5) is 94.9. The van der Waals surface area contributed by atoms with Crippen LogP contribution in [0, 0.1) is 39.4 Å². The van der Waals surface area contributed by atoms with Crippen molar-refractivity contribution in [3.05, 3.63) is 60.2 Å². The number of ether oxygens (including phenoxy) is 8. The van der Waals surface area contributed by atoms with E-state index in [1.165, 1.54) is 27.0 Å². The highest BCUT2D eigenvalue weighted by atomic mass is 16.7. The first-order chi connectivity index (χ1) is 28.5. The van der Waals surface area contributed by atoms with Crippen molar-refractivity contribution in [3.8, 4) is 0 Å². The summed E-state index contributed by atoms with van der Waals surface area (Å²) in [7, 11) is 1.17. The van der Waals surface area contributed by atoms with Gasteiger partial charge in [-0.1, -0.05) is 44.7 Å². The smallest absolute Gasteiger partial charge is 0.342 e. The highest BCUT2D eigenvalue weighted by molar-refractivity contribution is 5.89. The van der Waals surface area contributed by atoms with Crippen molar-refractivity contribution in [1.29, 1.82) is 0 Å². The zero-order valence-corrected chi connectivity index (χ0v) is 35.8. The first-order valence-electron chi connectivity index (χ1n) is 20.5. The lowest BCUT2D eigenvalue weighted by atomic mass is 9.31. The molecule has 2 aliphatic heterocycles. The van der Waals surface area contributed by atoms with E-state index in [-0.39, 0.29) is 24.8 Å². The van der Waals surface area contributed by atoms with Gasteiger partial charge in [0.2, 0.25) is 5.60 Å². The van der Waals surface area contributed by atoms with Gasteiger partial charge in [-0.25, -0.2) is 14.4 Å². The minimum Gasteiger partial charge on any atom is -0.467 e. The molecule has 0 bridgehead atoms. The molecule has 4 saturated carbocycles. The van der Waals surface area contributed by atoms with Crippen LogP contribution in [0.4, 0.5) is 0 Å². The van der Waals surface area contributed by atoms with Gasteiger partial charge in [-0.3, -0.25) is 19.2 Å². The molecule has 4 aliphatic carbocycles. The van der Waals surface area contributed by atoms with Crippen molar-refractivity contribution < 1.29 is 76.6 Å². The van der Waals surface area contributed by atoms with Gasteiger partial charge in [0, 0.05) is 51.5 Å². The maximum Gasteiger partial charge on any atom is 0.342 e. The Morgan fingerprint density at radius 3 is 2.05 bits per heavy atom. The molecule has 1 saturated heterocycles. The number of benzene rings is 1. The van der Waals surface area contributed by atoms with Gasteiger partial charge in [0.05, 0.1) is 29.1 Å². The number of epoxide rings is 1. The highest BCUT2D eigenvalue weighted by Crippen LogP contribution is 2.78. The monoisotopic (exact) mass is 850 g/mol. The number of carbonyl (C=O) groups excluding carboxylic acids is 7. The van der Waals surface area contributed by atoms with Crippen LogP contribution in [0.5, 0.6) is 0 Å². The molecular formula is C45H54O16. The molecule has 1 N–H and O–H groups in total. The predicted molar refractivity (Wildman–Crippen MR) is 208 cm³/mol. The van der Waals surface area contributed by atoms with Gasteiger partial charge in [-0.2, -0.15) is 0 Å². The van der Waals surface area contributed by atoms with Gasteiger partial charge in [-0.15, -0.1) is 0 Å². The Labute approximate surface area is 353 Å². The van der Waals surface area contributed by atoms with Crippen molar-refractivity contribution in [2.45, 2.75) is 122 Å². The first kappa shape index (κ1) is 44.0. The lowest BCUT2D eigenvalue weighted by Crippen LogP contribution is -2.84. The van der Waals surface area contributed by atoms with Crippen molar-refractivity contribution in [2.75, 3.05) is 13.7 Å². The third kappa shape index (κ3) is 6.01. The topological polar surface area (TPSA) is 217 Å². The molecule has 0 amide bonds. The average Bonchev–Trinajstić information content (AvgIpc) is 3.98. The van der Waals surface area contributed by atoms with Gasteiger partial charge in [0.15, 0.2) is 12.2 Å². The molecule has 0 spiro atoms. The number of allylic oxidation sites excluding steroid dienone is 1. The Hall–Kier alpha value is -5.09. The van der Waals surface area contributed by atoms with E-state index in [1.807, 2.05) is 6.92 Å². The summed E-state index contributed by atoms with van der Waals surface area (Å²) in [6.45, 7) is 15.2. The lowest BCUT2D eigenvalue weighted by molar-refractivity contribution is -0.356. The summed E-state index contributed by atoms with van der Waals surface area (Å²) in [5, 5.41) is 13.7. The Kier molecular flexibility index (Phi) is 10.7. The van der Waals surface area contributed by atoms with Crippen LogP contribution in [0.1, 0.15) is 85.0 Å². The van der Waals surface area contributed by atoms with E-state index < -0.39 is 136 Å². The van der Waals surface area contributed by atoms with Crippen LogP contribution in [0.3, 0.4) is 0 Å². The largest absolute Gasteiger partial charge is 0.467 e. The molecule has 1 aromatic carbocycles. The van der Waals surface area contributed by atoms with Gasteiger partial charge >= 0.3 is 41.8 Å². The second-order valence-corrected chi connectivity index (χ2v) is 18.3. The molecule has 61 heavy (non-hydrogen) atoms. The fourth-order valence-electron chi connectivity index (χ4n) is 13.2. The molecule has 7 rings (SSSR count). The minimum atomic E-state index is -2.03. The third-order valence-electron chi connectivity index (χ3n) is 15.3. The molecule has 1 aromatic rings. The number of cyclic esters (lactones) is 1. The van der Waals surface area contributed by atoms with Gasteiger partial charge in [0.1, 0.15) is 31.0 Å². The van der Waals surface area contributed by atoms with Crippen molar-refractivity contribution in [3.63, 3.8) is 0 Å². The van der Waals surface area contributed by atoms with Gasteiger partial charge in [-0.05, 0) is 61.6 Å². The Morgan fingerprint density at radius 2 is 1.46 bits per heavy atom. The van der Waals surface area contributed by atoms with E-state index >= 15 is 0 Å². The highest BCUT2D eigenvalue weighted by Gasteiger charge is 2.91. The van der Waals surface area contributed by atoms with Gasteiger partial charge in [0.25, 0.3) is 0 Å². The van der Waals surface area contributed by atoms with Crippen molar-refractivity contribution in [1.82, 2.24) is 0 Å². The summed E-state index contributed by atoms with van der Waals surface area (Å²) in [6, 6.07) is 8.20. The Bertz CT molecular complexity index is 2100. The second-order valence-electron chi connectivity index (χ2n) is 18.3. The normalized spacial score (nSPS) is 42.1. The van der Waals surface area contributed by atoms with Crippen LogP contribution in [0.2, 0.25) is 0 Å². The minimum absolute atomic E-state index is 0.144. The zero-order chi connectivity index (χ0) is 44.8. The van der Waals surface area contributed by atoms with Crippen LogP contribution >= 0.6 is 0 Å². The number of hydrogen-bond acceptors (Lipinski definition) is 16. The number of fused-ring (bicyclic) bond motifs is 9. The molecule has 2 unspecified atom stereocenters. The average molecular weight is 851 g/mol. The maximum absolute atomic E-state index is 14.0. The van der Waals surface area contributed by atoms with Crippen molar-refractivity contribution >= 4 is 41.8 Å². The maximum atomic E-state index is 14.0. The summed E-state index contributed by atoms with van der Waals surface area (Å²) in [6.07, 6.45) is -5.20. The number of aliphatic hydroxyl groups is 1. The summed E-state index contributed by atoms with van der Waals surface area (Å²) < 4.78 is 48.7. The van der Waals surface area contributed by atoms with E-state index in [0.29, 0.717) is 5.57 Å². The van der Waals surface area contributed by atoms with Crippen LogP contribution in [0.15, 0.2) is 54.6 Å². The van der Waals surface area contributed by atoms with Crippen LogP contribution in [-0.2, 0) is 66.7 Å². The Balaban J connectivity index is 1.53. The molecule has 0 aromatic heterocycles. The number of methoxy groups -OCH3 is 1. The number of carbonyl (C=O) groups is 7. The third-order valence-corrected chi connectivity index (χ3v) is 15.3. The van der Waals surface area contributed by atoms with Crippen LogP contribution < -0.4 is 0 Å². The van der Waals surface area contributed by atoms with E-state index in [0.717, 1.165) is 13.8 Å². The van der Waals surface area contributed by atoms with E-state index in [1.54, 1.807) is 57.2 Å². The summed E-state index contributed by atoms with van der Waals surface area (Å²) in [5.74, 6) is -8.52. The van der Waals surface area contributed by atoms with E-state index in [4.69, 9.17) is 37.9 Å². The number of esters is 7. The van der Waals surface area contributed by atoms with Crippen LogP contribution in [-0.4, -0.2) is 108 Å². The number of rotatable bonds is 8. The fourth-order valence-corrected chi connectivity index (χ4v) is 13.2. The standard InChI is InChI=1S/C45H54O16/c1-22-20-44(53)30-18-19-40(7)29-16-17-31(50)55-21-43(29,23(2)56-38(51)28-14-12-11-13-15-28)35(58-25(4)47)32(57-24(3)46)33(40)41(30,8)36(59-26(5)48)37(60-27(6)49)42(44,9)45(34(22)61-45)39(52)54-10/h11-17,23,29-30,32-37,53H,1,18-21H2,2-10H3/t23?,29-,30+,32-,33-,34?,35-,36+,37-,40-,41-,42+,43+,44+,45-/m0/s1. The lowest BCUT2D eigenvalue weighted by Gasteiger charge is -2.74. The second kappa shape index (κ2) is 14.8. The van der Waals surface area contributed by atoms with Crippen LogP contribution in [0.25, 0.3) is 0 Å². The van der Waals surface area contributed by atoms with E-state index in [9.17, 15) is 38.7 Å². The number of hydrogen-bond donors (Lipinski definition) is 1.